The maximum Gasteiger partial charge on any atom is 0.0588 e. The number of aromatic nitrogens is 1. The van der Waals surface area contributed by atoms with Gasteiger partial charge in [0.15, 0.2) is 0 Å². The average molecular weight is 731 g/mol. The van der Waals surface area contributed by atoms with Crippen LogP contribution in [0.2, 0.25) is 0 Å². The Bertz CT molecular complexity index is 2400. The van der Waals surface area contributed by atoms with Crippen LogP contribution in [0.5, 0.6) is 0 Å². The Morgan fingerprint density at radius 2 is 1.46 bits per heavy atom. The fraction of sp³-hybridized carbons (Fsp3) is 0.333. The van der Waals surface area contributed by atoms with Crippen molar-refractivity contribution in [2.24, 2.45) is 23.7 Å². The van der Waals surface area contributed by atoms with Gasteiger partial charge in [-0.1, -0.05) is 115 Å². The van der Waals surface area contributed by atoms with E-state index in [1.165, 1.54) is 106 Å². The lowest BCUT2D eigenvalue weighted by molar-refractivity contribution is 0.309. The number of likely N-dealkylation sites (tertiary alicyclic amines) is 1. The van der Waals surface area contributed by atoms with Crippen LogP contribution in [0.4, 0.5) is 0 Å². The number of rotatable bonds is 6. The lowest BCUT2D eigenvalue weighted by Gasteiger charge is -2.36. The van der Waals surface area contributed by atoms with Gasteiger partial charge in [-0.25, -0.2) is 0 Å². The number of hydrogen-bond acceptors (Lipinski definition) is 1. The van der Waals surface area contributed by atoms with Crippen molar-refractivity contribution in [2.45, 2.75) is 89.0 Å². The normalized spacial score (nSPS) is 29.0. The van der Waals surface area contributed by atoms with E-state index in [1.807, 2.05) is 0 Å². The molecule has 1 saturated heterocycles. The first-order valence-electron chi connectivity index (χ1n) is 21.8. The zero-order valence-corrected chi connectivity index (χ0v) is 32.7. The molecule has 6 atom stereocenters. The highest BCUT2D eigenvalue weighted by Crippen LogP contribution is 2.51. The zero-order chi connectivity index (χ0) is 37.0. The van der Waals surface area contributed by atoms with Crippen LogP contribution < -0.4 is 0 Å². The van der Waals surface area contributed by atoms with Crippen LogP contribution in [-0.2, 0) is 6.42 Å². The van der Waals surface area contributed by atoms with E-state index < -0.39 is 0 Å². The molecule has 1 aliphatic heterocycles. The lowest BCUT2D eigenvalue weighted by Crippen LogP contribution is -2.32. The summed E-state index contributed by atoms with van der Waals surface area (Å²) in [5, 5.41) is 1.40. The van der Waals surface area contributed by atoms with Crippen LogP contribution in [0.15, 0.2) is 151 Å². The van der Waals surface area contributed by atoms with Gasteiger partial charge >= 0.3 is 0 Å². The summed E-state index contributed by atoms with van der Waals surface area (Å²) in [5.41, 5.74) is 15.9. The predicted octanol–water partition coefficient (Wildman–Crippen LogP) is 13.7. The first-order chi connectivity index (χ1) is 27.8. The van der Waals surface area contributed by atoms with Gasteiger partial charge in [0.1, 0.15) is 0 Å². The standard InChI is InChI=1S/C54H54N2/c1-3-12-37(13-4-1)39-22-24-40(25-23-39)41-26-30-45(31-27-41)55-51-20-9-7-18-47(51)49-35-43(28-32-53(49)55)44-29-33-54-50(36-44)48-19-8-10-21-52(48)56(54)46-17-11-16-42(34-46)38-14-5-2-6-15-38/h1-3,5,7-8,10-11,16-19,21-26,28-30,32-33,35,37-38,42,48,50,52H,4,6,9,12-15,20,27,31,34,36H2. The molecule has 1 aromatic heterocycles. The fourth-order valence-electron chi connectivity index (χ4n) is 11.6. The highest BCUT2D eigenvalue weighted by molar-refractivity contribution is 5.97. The van der Waals surface area contributed by atoms with Gasteiger partial charge in [-0.2, -0.15) is 0 Å². The average Bonchev–Trinajstić information content (AvgIpc) is 3.79. The molecule has 0 N–H and O–H groups in total. The van der Waals surface area contributed by atoms with E-state index in [1.54, 1.807) is 0 Å². The molecule has 0 saturated carbocycles. The molecule has 2 nitrogen and oxygen atoms in total. The molecule has 3 aromatic rings. The van der Waals surface area contributed by atoms with Gasteiger partial charge in [-0.05, 0) is 153 Å². The molecular formula is C54H54N2. The summed E-state index contributed by atoms with van der Waals surface area (Å²) in [7, 11) is 0. The number of hydrogen-bond donors (Lipinski definition) is 0. The second kappa shape index (κ2) is 14.5. The van der Waals surface area contributed by atoms with E-state index in [0.29, 0.717) is 29.7 Å². The summed E-state index contributed by atoms with van der Waals surface area (Å²) >= 11 is 0. The maximum absolute atomic E-state index is 2.74. The van der Waals surface area contributed by atoms with E-state index in [4.69, 9.17) is 0 Å². The van der Waals surface area contributed by atoms with Gasteiger partial charge in [-0.15, -0.1) is 0 Å². The van der Waals surface area contributed by atoms with Crippen LogP contribution in [0.1, 0.15) is 104 Å². The lowest BCUT2D eigenvalue weighted by atomic mass is 9.78. The molecule has 56 heavy (non-hydrogen) atoms. The molecule has 280 valence electrons. The third kappa shape index (κ3) is 5.99. The maximum atomic E-state index is 2.74. The molecule has 11 rings (SSSR count). The molecule has 0 spiro atoms. The molecule has 0 radical (unpaired) electrons. The Labute approximate surface area is 333 Å². The monoisotopic (exact) mass is 730 g/mol. The minimum absolute atomic E-state index is 0.402. The van der Waals surface area contributed by atoms with E-state index in [0.717, 1.165) is 44.4 Å². The number of allylic oxidation sites excluding steroid dienone is 19. The first kappa shape index (κ1) is 34.2. The second-order valence-electron chi connectivity index (χ2n) is 17.6. The summed E-state index contributed by atoms with van der Waals surface area (Å²) in [6.07, 6.45) is 54.9. The van der Waals surface area contributed by atoms with Crippen LogP contribution >= 0.6 is 0 Å². The highest BCUT2D eigenvalue weighted by atomic mass is 15.2. The molecule has 2 heterocycles. The SMILES string of the molecule is C1=CC(C2CC=CCC2)CC(N2C3=CC=C(c4ccc5c(c4)c4c(n5C5=CC=C(c6ccc(C7CC=CCC7)cc6)CC5)CCC=C4)CC3C3C=CC=CC32)=C1. The van der Waals surface area contributed by atoms with Crippen LogP contribution in [0.3, 0.4) is 0 Å². The van der Waals surface area contributed by atoms with Crippen molar-refractivity contribution < 1.29 is 0 Å². The summed E-state index contributed by atoms with van der Waals surface area (Å²) in [6.45, 7) is 0. The van der Waals surface area contributed by atoms with E-state index in [-0.39, 0.29) is 0 Å². The topological polar surface area (TPSA) is 8.17 Å². The quantitative estimate of drug-likeness (QED) is 0.229. The summed E-state index contributed by atoms with van der Waals surface area (Å²) in [5.74, 6) is 3.08. The van der Waals surface area contributed by atoms with Gasteiger partial charge in [0.2, 0.25) is 0 Å². The van der Waals surface area contributed by atoms with Crippen molar-refractivity contribution in [3.8, 4) is 0 Å². The third-order valence-electron chi connectivity index (χ3n) is 14.5. The Morgan fingerprint density at radius 3 is 2.30 bits per heavy atom. The van der Waals surface area contributed by atoms with Crippen LogP contribution in [0.25, 0.3) is 33.8 Å². The van der Waals surface area contributed by atoms with Gasteiger partial charge in [-0.3, -0.25) is 0 Å². The predicted molar refractivity (Wildman–Crippen MR) is 236 cm³/mol. The molecule has 2 aromatic carbocycles. The smallest absolute Gasteiger partial charge is 0.0588 e. The Balaban J connectivity index is 0.888. The fourth-order valence-corrected chi connectivity index (χ4v) is 11.6. The van der Waals surface area contributed by atoms with Crippen molar-refractivity contribution in [1.82, 2.24) is 9.47 Å². The van der Waals surface area contributed by atoms with Gasteiger partial charge < -0.3 is 9.47 Å². The van der Waals surface area contributed by atoms with Crippen molar-refractivity contribution in [1.29, 1.82) is 0 Å². The summed E-state index contributed by atoms with van der Waals surface area (Å²) < 4.78 is 2.62. The summed E-state index contributed by atoms with van der Waals surface area (Å²) in [4.78, 5) is 2.74. The molecule has 6 unspecified atom stereocenters. The first-order valence-corrected chi connectivity index (χ1v) is 21.8. The Hall–Kier alpha value is -5.08. The van der Waals surface area contributed by atoms with E-state index >= 15 is 0 Å². The number of benzene rings is 2. The Morgan fingerprint density at radius 1 is 0.607 bits per heavy atom. The van der Waals surface area contributed by atoms with Crippen LogP contribution in [-0.4, -0.2) is 15.5 Å². The molecule has 7 aliphatic carbocycles. The van der Waals surface area contributed by atoms with E-state index in [2.05, 4.69) is 155 Å². The minimum Gasteiger partial charge on any atom is -0.341 e. The minimum atomic E-state index is 0.402. The number of fused-ring (bicyclic) bond motifs is 6. The van der Waals surface area contributed by atoms with Gasteiger partial charge in [0.25, 0.3) is 0 Å². The van der Waals surface area contributed by atoms with Crippen molar-refractivity contribution >= 4 is 33.8 Å². The second-order valence-corrected chi connectivity index (χ2v) is 17.6. The van der Waals surface area contributed by atoms with Crippen molar-refractivity contribution in [3.63, 3.8) is 0 Å². The van der Waals surface area contributed by atoms with E-state index in [9.17, 15) is 0 Å². The van der Waals surface area contributed by atoms with Crippen LogP contribution in [0, 0.1) is 23.7 Å². The van der Waals surface area contributed by atoms with Gasteiger partial charge in [0, 0.05) is 45.6 Å². The molecular weight excluding hydrogens is 677 g/mol. The van der Waals surface area contributed by atoms with Crippen molar-refractivity contribution in [3.05, 3.63) is 179 Å². The Kier molecular flexibility index (Phi) is 8.82. The molecule has 1 fully saturated rings. The molecule has 0 amide bonds. The number of nitrogens with zero attached hydrogens (tertiary/aromatic N) is 2. The molecule has 0 bridgehead atoms. The van der Waals surface area contributed by atoms with Gasteiger partial charge in [0.05, 0.1) is 11.6 Å². The largest absolute Gasteiger partial charge is 0.341 e. The van der Waals surface area contributed by atoms with Crippen molar-refractivity contribution in [2.75, 3.05) is 0 Å². The third-order valence-corrected chi connectivity index (χ3v) is 14.5. The molecule has 8 aliphatic rings. The molecule has 2 heteroatoms. The highest BCUT2D eigenvalue weighted by Gasteiger charge is 2.46. The summed E-state index contributed by atoms with van der Waals surface area (Å²) in [6, 6.07) is 17.3. The zero-order valence-electron chi connectivity index (χ0n) is 32.7.